The molecule has 0 bridgehead atoms. The fraction of sp³-hybridized carbons (Fsp3) is 0.423. The molecule has 0 atom stereocenters. The maximum absolute atomic E-state index is 6.76. The van der Waals surface area contributed by atoms with Crippen LogP contribution in [0, 0.1) is 0 Å². The lowest BCUT2D eigenvalue weighted by molar-refractivity contribution is 0.270. The number of piperazine rings is 1. The molecule has 1 fully saturated rings. The molecule has 2 aliphatic rings. The molecule has 1 aromatic carbocycles. The van der Waals surface area contributed by atoms with Gasteiger partial charge in [-0.15, -0.1) is 0 Å². The van der Waals surface area contributed by atoms with E-state index in [4.69, 9.17) is 47.6 Å². The van der Waals surface area contributed by atoms with Crippen LogP contribution in [-0.2, 0) is 13.0 Å². The first-order valence-electron chi connectivity index (χ1n) is 12.4. The Morgan fingerprint density at radius 1 is 1.03 bits per heavy atom. The van der Waals surface area contributed by atoms with Crippen LogP contribution in [0.4, 0.5) is 17.5 Å². The molecule has 2 aromatic heterocycles. The lowest BCUT2D eigenvalue weighted by Crippen LogP contribution is -2.46. The summed E-state index contributed by atoms with van der Waals surface area (Å²) in [6, 6.07) is 5.72. The molecule has 2 aliphatic heterocycles. The smallest absolute Gasteiger partial charge is 0.228 e. The number of halogens is 2. The van der Waals surface area contributed by atoms with Crippen molar-refractivity contribution in [1.82, 2.24) is 25.2 Å². The number of aromatic nitrogens is 3. The zero-order chi connectivity index (χ0) is 25.9. The van der Waals surface area contributed by atoms with Gasteiger partial charge in [0, 0.05) is 62.9 Å². The molecule has 0 aliphatic carbocycles. The monoisotopic (exact) mass is 543 g/mol. The topological polar surface area (TPSA) is 87.7 Å². The Kier molecular flexibility index (Phi) is 7.85. The van der Waals surface area contributed by atoms with Gasteiger partial charge in [0.25, 0.3) is 0 Å². The molecule has 3 aromatic rings. The van der Waals surface area contributed by atoms with Gasteiger partial charge in [0.1, 0.15) is 17.3 Å². The number of rotatable bonds is 7. The molecule has 37 heavy (non-hydrogen) atoms. The van der Waals surface area contributed by atoms with Crippen LogP contribution in [0.15, 0.2) is 24.4 Å². The molecular formula is C26H31Cl2N7O2. The molecule has 0 radical (unpaired) electrons. The summed E-state index contributed by atoms with van der Waals surface area (Å²) in [6.45, 7) is 8.78. The van der Waals surface area contributed by atoms with Gasteiger partial charge in [-0.25, -0.2) is 15.0 Å². The van der Waals surface area contributed by atoms with E-state index in [0.717, 1.165) is 68.5 Å². The van der Waals surface area contributed by atoms with Crippen LogP contribution in [0.2, 0.25) is 10.0 Å². The molecule has 11 heteroatoms. The second kappa shape index (κ2) is 11.3. The maximum atomic E-state index is 6.76. The third kappa shape index (κ3) is 5.27. The lowest BCUT2D eigenvalue weighted by atomic mass is 9.99. The van der Waals surface area contributed by atoms with Crippen molar-refractivity contribution in [2.75, 3.05) is 63.7 Å². The minimum Gasteiger partial charge on any atom is -0.495 e. The fourth-order valence-electron chi connectivity index (χ4n) is 4.77. The van der Waals surface area contributed by atoms with E-state index < -0.39 is 0 Å². The van der Waals surface area contributed by atoms with Crippen molar-refractivity contribution in [2.45, 2.75) is 19.9 Å². The first-order valence-corrected chi connectivity index (χ1v) is 13.2. The van der Waals surface area contributed by atoms with Gasteiger partial charge in [-0.1, -0.05) is 30.1 Å². The zero-order valence-corrected chi connectivity index (χ0v) is 22.8. The number of benzene rings is 1. The third-order valence-corrected chi connectivity index (χ3v) is 7.64. The second-order valence-electron chi connectivity index (χ2n) is 8.98. The minimum absolute atomic E-state index is 0.375. The standard InChI is InChI=1S/C26H31Cl2N7O2/c1-4-34-9-11-35(12-10-34)21-6-5-16(14-30-21)31-26-32-18-7-8-29-15-17(18)25(33-26)22-23(27)19(36-2)13-20(37-3)24(22)28/h5-6,13-14,29H,4,7-12,15H2,1-3H3,(H,31,32,33). The zero-order valence-electron chi connectivity index (χ0n) is 21.3. The Bertz CT molecular complexity index is 1240. The first-order chi connectivity index (χ1) is 18.0. The largest absolute Gasteiger partial charge is 0.495 e. The summed E-state index contributed by atoms with van der Waals surface area (Å²) in [5.41, 5.74) is 3.90. The number of hydrogen-bond acceptors (Lipinski definition) is 9. The summed E-state index contributed by atoms with van der Waals surface area (Å²) in [5, 5.41) is 7.47. The van der Waals surface area contributed by atoms with Crippen molar-refractivity contribution in [3.05, 3.63) is 45.7 Å². The first kappa shape index (κ1) is 25.8. The minimum atomic E-state index is 0.375. The second-order valence-corrected chi connectivity index (χ2v) is 9.74. The summed E-state index contributed by atoms with van der Waals surface area (Å²) < 4.78 is 11.0. The van der Waals surface area contributed by atoms with E-state index in [2.05, 4.69) is 27.4 Å². The Morgan fingerprint density at radius 3 is 2.38 bits per heavy atom. The summed E-state index contributed by atoms with van der Waals surface area (Å²) in [6.07, 6.45) is 2.58. The van der Waals surface area contributed by atoms with Crippen LogP contribution in [0.3, 0.4) is 0 Å². The number of methoxy groups -OCH3 is 2. The predicted octanol–water partition coefficient (Wildman–Crippen LogP) is 4.39. The van der Waals surface area contributed by atoms with Gasteiger partial charge in [0.2, 0.25) is 5.95 Å². The van der Waals surface area contributed by atoms with Crippen molar-refractivity contribution in [3.8, 4) is 22.8 Å². The van der Waals surface area contributed by atoms with E-state index in [1.165, 1.54) is 0 Å². The van der Waals surface area contributed by atoms with Crippen LogP contribution in [0.1, 0.15) is 18.2 Å². The van der Waals surface area contributed by atoms with E-state index in [-0.39, 0.29) is 0 Å². The summed E-state index contributed by atoms with van der Waals surface area (Å²) in [7, 11) is 3.12. The number of ether oxygens (including phenoxy) is 2. The average molecular weight is 544 g/mol. The molecule has 2 N–H and O–H groups in total. The summed E-state index contributed by atoms with van der Waals surface area (Å²) >= 11 is 13.5. The average Bonchev–Trinajstić information content (AvgIpc) is 2.94. The molecule has 0 saturated carbocycles. The van der Waals surface area contributed by atoms with Gasteiger partial charge in [-0.2, -0.15) is 0 Å². The van der Waals surface area contributed by atoms with Crippen molar-refractivity contribution in [2.24, 2.45) is 0 Å². The Balaban J connectivity index is 1.47. The molecule has 1 saturated heterocycles. The predicted molar refractivity (Wildman–Crippen MR) is 148 cm³/mol. The molecular weight excluding hydrogens is 513 g/mol. The van der Waals surface area contributed by atoms with Crippen LogP contribution in [0.5, 0.6) is 11.5 Å². The highest BCUT2D eigenvalue weighted by atomic mass is 35.5. The number of pyridine rings is 1. The fourth-order valence-corrected chi connectivity index (χ4v) is 5.45. The van der Waals surface area contributed by atoms with Gasteiger partial charge < -0.3 is 29.9 Å². The molecule has 196 valence electrons. The van der Waals surface area contributed by atoms with Crippen molar-refractivity contribution < 1.29 is 9.47 Å². The Hall–Kier alpha value is -2.85. The quantitative estimate of drug-likeness (QED) is 0.450. The van der Waals surface area contributed by atoms with Crippen molar-refractivity contribution in [1.29, 1.82) is 0 Å². The Morgan fingerprint density at radius 2 is 1.76 bits per heavy atom. The van der Waals surface area contributed by atoms with Gasteiger partial charge in [-0.05, 0) is 18.7 Å². The highest BCUT2D eigenvalue weighted by Crippen LogP contribution is 2.47. The number of fused-ring (bicyclic) bond motifs is 1. The van der Waals surface area contributed by atoms with E-state index >= 15 is 0 Å². The number of hydrogen-bond donors (Lipinski definition) is 2. The highest BCUT2D eigenvalue weighted by molar-refractivity contribution is 6.41. The molecule has 0 spiro atoms. The van der Waals surface area contributed by atoms with E-state index in [1.54, 1.807) is 20.3 Å². The molecule has 5 rings (SSSR count). The Labute approximate surface area is 227 Å². The summed E-state index contributed by atoms with van der Waals surface area (Å²) in [5.74, 6) is 2.35. The SMILES string of the molecule is CCN1CCN(c2ccc(Nc3nc4c(c(-c5c(Cl)c(OC)cc(OC)c5Cl)n3)CNCC4)cn2)CC1. The van der Waals surface area contributed by atoms with Crippen LogP contribution in [0.25, 0.3) is 11.3 Å². The normalized spacial score (nSPS) is 15.9. The maximum Gasteiger partial charge on any atom is 0.228 e. The van der Waals surface area contributed by atoms with Gasteiger partial charge in [-0.3, -0.25) is 0 Å². The molecule has 9 nitrogen and oxygen atoms in total. The number of nitrogens with zero attached hydrogens (tertiary/aromatic N) is 5. The van der Waals surface area contributed by atoms with E-state index in [0.29, 0.717) is 45.3 Å². The van der Waals surface area contributed by atoms with Crippen molar-refractivity contribution >= 4 is 40.7 Å². The summed E-state index contributed by atoms with van der Waals surface area (Å²) in [4.78, 5) is 19.1. The number of anilines is 3. The van der Waals surface area contributed by atoms with Gasteiger partial charge >= 0.3 is 0 Å². The van der Waals surface area contributed by atoms with Crippen LogP contribution < -0.4 is 25.0 Å². The highest BCUT2D eigenvalue weighted by Gasteiger charge is 2.26. The third-order valence-electron chi connectivity index (χ3n) is 6.89. The number of likely N-dealkylation sites (N-methyl/N-ethyl adjacent to an activating group) is 1. The number of nitrogens with one attached hydrogen (secondary N) is 2. The van der Waals surface area contributed by atoms with Crippen molar-refractivity contribution in [3.63, 3.8) is 0 Å². The van der Waals surface area contributed by atoms with E-state index in [9.17, 15) is 0 Å². The van der Waals surface area contributed by atoms with Gasteiger partial charge in [0.15, 0.2) is 0 Å². The lowest BCUT2D eigenvalue weighted by Gasteiger charge is -2.34. The van der Waals surface area contributed by atoms with Gasteiger partial charge in [0.05, 0.1) is 47.5 Å². The van der Waals surface area contributed by atoms with Crippen LogP contribution in [-0.4, -0.2) is 73.3 Å². The molecule has 0 unspecified atom stereocenters. The van der Waals surface area contributed by atoms with E-state index in [1.807, 2.05) is 18.3 Å². The van der Waals surface area contributed by atoms with Crippen LogP contribution >= 0.6 is 23.2 Å². The molecule has 0 amide bonds. The molecule has 4 heterocycles.